The van der Waals surface area contributed by atoms with Crippen molar-refractivity contribution in [2.24, 2.45) is 23.7 Å². The molecule has 25 heavy (non-hydrogen) atoms. The van der Waals surface area contributed by atoms with Crippen molar-refractivity contribution in [3.05, 3.63) is 23.3 Å². The van der Waals surface area contributed by atoms with Crippen LogP contribution in [0.15, 0.2) is 23.3 Å². The molecule has 0 unspecified atom stereocenters. The maximum atomic E-state index is 6.26. The number of nitrogens with one attached hydrogen (secondary N) is 1. The maximum absolute atomic E-state index is 6.26. The lowest BCUT2D eigenvalue weighted by Crippen LogP contribution is -2.59. The summed E-state index contributed by atoms with van der Waals surface area (Å²) in [4.78, 5) is 0. The normalized spacial score (nSPS) is 36.7. The van der Waals surface area contributed by atoms with Gasteiger partial charge in [-0.3, -0.25) is 0 Å². The first-order valence-electron chi connectivity index (χ1n) is 10.6. The Labute approximate surface area is 155 Å². The van der Waals surface area contributed by atoms with E-state index in [4.69, 9.17) is 4.74 Å². The van der Waals surface area contributed by atoms with Crippen molar-refractivity contribution in [2.75, 3.05) is 20.2 Å². The molecule has 4 fully saturated rings. The lowest BCUT2D eigenvalue weighted by atomic mass is 9.49. The Morgan fingerprint density at radius 2 is 1.64 bits per heavy atom. The van der Waals surface area contributed by atoms with Crippen LogP contribution in [0.1, 0.15) is 72.1 Å². The number of rotatable bonds is 9. The van der Waals surface area contributed by atoms with Crippen LogP contribution in [0.2, 0.25) is 0 Å². The summed E-state index contributed by atoms with van der Waals surface area (Å²) in [6, 6.07) is 0. The molecule has 0 heterocycles. The van der Waals surface area contributed by atoms with Crippen LogP contribution in [0.3, 0.4) is 0 Å². The summed E-state index contributed by atoms with van der Waals surface area (Å²) in [7, 11) is 1.98. The van der Waals surface area contributed by atoms with Crippen molar-refractivity contribution in [3.63, 3.8) is 0 Å². The molecule has 0 aromatic carbocycles. The molecule has 0 radical (unpaired) electrons. The van der Waals surface area contributed by atoms with Gasteiger partial charge in [-0.05, 0) is 102 Å². The summed E-state index contributed by atoms with van der Waals surface area (Å²) in [5.74, 6) is 3.70. The second-order valence-electron chi connectivity index (χ2n) is 9.29. The fourth-order valence-corrected chi connectivity index (χ4v) is 6.15. The summed E-state index contributed by atoms with van der Waals surface area (Å²) in [6.45, 7) is 8.70. The van der Waals surface area contributed by atoms with Gasteiger partial charge in [0.15, 0.2) is 0 Å². The first kappa shape index (κ1) is 19.2. The lowest BCUT2D eigenvalue weighted by Gasteiger charge is -2.60. The molecule has 4 rings (SSSR count). The molecule has 142 valence electrons. The van der Waals surface area contributed by atoms with Crippen molar-refractivity contribution < 1.29 is 4.74 Å². The van der Waals surface area contributed by atoms with Crippen LogP contribution in [0.5, 0.6) is 0 Å². The molecule has 2 nitrogen and oxygen atoms in total. The summed E-state index contributed by atoms with van der Waals surface area (Å²) in [5.41, 5.74) is 3.11. The van der Waals surface area contributed by atoms with Crippen molar-refractivity contribution in [2.45, 2.75) is 77.7 Å². The van der Waals surface area contributed by atoms with Gasteiger partial charge in [0.05, 0.1) is 5.60 Å². The van der Waals surface area contributed by atoms with Crippen LogP contribution in [0.25, 0.3) is 0 Å². The van der Waals surface area contributed by atoms with Gasteiger partial charge in [-0.25, -0.2) is 0 Å². The Balaban J connectivity index is 1.43. The van der Waals surface area contributed by atoms with Gasteiger partial charge in [-0.15, -0.1) is 0 Å². The van der Waals surface area contributed by atoms with E-state index in [-0.39, 0.29) is 5.60 Å². The van der Waals surface area contributed by atoms with Crippen LogP contribution in [-0.2, 0) is 4.74 Å². The van der Waals surface area contributed by atoms with Crippen molar-refractivity contribution in [1.82, 2.24) is 5.32 Å². The zero-order valence-corrected chi connectivity index (χ0v) is 16.9. The molecule has 2 heteroatoms. The largest absolute Gasteiger partial charge is 0.378 e. The highest BCUT2D eigenvalue weighted by Crippen LogP contribution is 2.60. The van der Waals surface area contributed by atoms with E-state index >= 15 is 0 Å². The molecule has 4 aliphatic rings. The van der Waals surface area contributed by atoms with Gasteiger partial charge in [0.1, 0.15) is 0 Å². The Kier molecular flexibility index (Phi) is 6.44. The topological polar surface area (TPSA) is 21.3 Å². The summed E-state index contributed by atoms with van der Waals surface area (Å²) < 4.78 is 6.26. The van der Waals surface area contributed by atoms with E-state index in [2.05, 4.69) is 38.2 Å². The minimum absolute atomic E-state index is 0.183. The summed E-state index contributed by atoms with van der Waals surface area (Å²) >= 11 is 0. The van der Waals surface area contributed by atoms with Crippen LogP contribution < -0.4 is 5.32 Å². The smallest absolute Gasteiger partial charge is 0.0747 e. The predicted molar refractivity (Wildman–Crippen MR) is 107 cm³/mol. The fourth-order valence-electron chi connectivity index (χ4n) is 6.15. The second-order valence-corrected chi connectivity index (χ2v) is 9.29. The summed E-state index contributed by atoms with van der Waals surface area (Å²) in [5, 5.41) is 3.66. The second kappa shape index (κ2) is 8.39. The number of methoxy groups -OCH3 is 1. The highest BCUT2D eigenvalue weighted by Gasteiger charge is 2.57. The van der Waals surface area contributed by atoms with E-state index in [1.54, 1.807) is 0 Å². The van der Waals surface area contributed by atoms with E-state index in [0.717, 1.165) is 36.8 Å². The van der Waals surface area contributed by atoms with Crippen molar-refractivity contribution >= 4 is 0 Å². The average Bonchev–Trinajstić information content (AvgIpc) is 2.56. The molecule has 4 saturated carbocycles. The standard InChI is InChI=1S/C23H39NO/c1-17(2)6-5-7-18(3)8-10-24-11-9-23(25-4)21-13-19-12-20(15-21)16-22(23)14-19/h6,8,19-22,24H,5,7,9-16H2,1-4H3. The third-order valence-electron chi connectivity index (χ3n) is 7.28. The van der Waals surface area contributed by atoms with Gasteiger partial charge in [-0.1, -0.05) is 23.3 Å². The monoisotopic (exact) mass is 345 g/mol. The first-order chi connectivity index (χ1) is 12.0. The molecular weight excluding hydrogens is 306 g/mol. The minimum Gasteiger partial charge on any atom is -0.378 e. The quantitative estimate of drug-likeness (QED) is 0.440. The third kappa shape index (κ3) is 4.39. The molecule has 4 aliphatic carbocycles. The highest BCUT2D eigenvalue weighted by molar-refractivity contribution is 5.08. The fraction of sp³-hybridized carbons (Fsp3) is 0.826. The lowest BCUT2D eigenvalue weighted by molar-refractivity contribution is -0.193. The van der Waals surface area contributed by atoms with Gasteiger partial charge in [0, 0.05) is 13.7 Å². The molecule has 1 N–H and O–H groups in total. The molecule has 0 aliphatic heterocycles. The minimum atomic E-state index is 0.183. The highest BCUT2D eigenvalue weighted by atomic mass is 16.5. The molecule has 4 bridgehead atoms. The number of hydrogen-bond acceptors (Lipinski definition) is 2. The maximum Gasteiger partial charge on any atom is 0.0747 e. The third-order valence-corrected chi connectivity index (χ3v) is 7.28. The molecule has 0 amide bonds. The van der Waals surface area contributed by atoms with Gasteiger partial charge in [-0.2, -0.15) is 0 Å². The van der Waals surface area contributed by atoms with Crippen molar-refractivity contribution in [3.8, 4) is 0 Å². The Hall–Kier alpha value is -0.600. The first-order valence-corrected chi connectivity index (χ1v) is 10.6. The number of hydrogen-bond donors (Lipinski definition) is 1. The zero-order valence-electron chi connectivity index (χ0n) is 16.9. The Bertz CT molecular complexity index is 472. The van der Waals surface area contributed by atoms with Crippen LogP contribution in [-0.4, -0.2) is 25.8 Å². The number of ether oxygens (including phenoxy) is 1. The summed E-state index contributed by atoms with van der Waals surface area (Å²) in [6.07, 6.45) is 15.5. The molecule has 0 spiro atoms. The van der Waals surface area contributed by atoms with Gasteiger partial charge in [0.2, 0.25) is 0 Å². The zero-order chi connectivity index (χ0) is 17.9. The SMILES string of the molecule is COC1(CCNCC=C(C)CCC=C(C)C)C2CC3CC(C2)CC1C3. The predicted octanol–water partition coefficient (Wildman–Crippen LogP) is 5.50. The Morgan fingerprint density at radius 3 is 2.20 bits per heavy atom. The van der Waals surface area contributed by atoms with Crippen LogP contribution >= 0.6 is 0 Å². The van der Waals surface area contributed by atoms with E-state index in [1.807, 2.05) is 7.11 Å². The van der Waals surface area contributed by atoms with Crippen molar-refractivity contribution in [1.29, 1.82) is 0 Å². The van der Waals surface area contributed by atoms with E-state index < -0.39 is 0 Å². The van der Waals surface area contributed by atoms with Gasteiger partial charge >= 0.3 is 0 Å². The van der Waals surface area contributed by atoms with E-state index in [1.165, 1.54) is 62.5 Å². The van der Waals surface area contributed by atoms with E-state index in [0.29, 0.717) is 0 Å². The van der Waals surface area contributed by atoms with Gasteiger partial charge in [0.25, 0.3) is 0 Å². The van der Waals surface area contributed by atoms with Crippen LogP contribution in [0.4, 0.5) is 0 Å². The Morgan fingerprint density at radius 1 is 1.00 bits per heavy atom. The van der Waals surface area contributed by atoms with E-state index in [9.17, 15) is 0 Å². The molecule has 0 saturated heterocycles. The molecule has 0 aromatic heterocycles. The molecular formula is C23H39NO. The molecule has 0 aromatic rings. The van der Waals surface area contributed by atoms with Gasteiger partial charge < -0.3 is 10.1 Å². The molecule has 0 atom stereocenters. The van der Waals surface area contributed by atoms with Crippen LogP contribution in [0, 0.1) is 23.7 Å². The number of allylic oxidation sites excluding steroid dienone is 3. The average molecular weight is 346 g/mol.